The third-order valence-electron chi connectivity index (χ3n) is 5.00. The average Bonchev–Trinajstić information content (AvgIpc) is 2.95. The minimum Gasteiger partial charge on any atom is -0.370 e. The summed E-state index contributed by atoms with van der Waals surface area (Å²) in [5, 5.41) is 0. The van der Waals surface area contributed by atoms with Crippen LogP contribution in [0.5, 0.6) is 0 Å². The molecular weight excluding hydrogens is 290 g/mol. The number of carbonyl (C=O) groups is 2. The number of ketones is 1. The van der Waals surface area contributed by atoms with Gasteiger partial charge in [-0.15, -0.1) is 0 Å². The topological polar surface area (TPSA) is 46.6 Å². The molecule has 4 heteroatoms. The molecule has 2 heterocycles. The van der Waals surface area contributed by atoms with Crippen molar-refractivity contribution in [2.45, 2.75) is 57.2 Å². The van der Waals surface area contributed by atoms with E-state index in [0.29, 0.717) is 13.0 Å². The Kier molecular flexibility index (Phi) is 4.81. The molecule has 2 saturated heterocycles. The first-order valence-corrected chi connectivity index (χ1v) is 8.60. The van der Waals surface area contributed by atoms with Gasteiger partial charge in [0, 0.05) is 25.1 Å². The van der Waals surface area contributed by atoms with Crippen LogP contribution >= 0.6 is 0 Å². The summed E-state index contributed by atoms with van der Waals surface area (Å²) < 4.78 is 6.31. The second kappa shape index (κ2) is 6.83. The maximum atomic E-state index is 12.7. The van der Waals surface area contributed by atoms with Gasteiger partial charge in [-0.25, -0.2) is 0 Å². The molecule has 2 aliphatic heterocycles. The lowest BCUT2D eigenvalue weighted by atomic mass is 9.89. The summed E-state index contributed by atoms with van der Waals surface area (Å²) in [6.45, 7) is 3.11. The minimum atomic E-state index is -0.190. The first kappa shape index (κ1) is 16.2. The predicted octanol–water partition coefficient (Wildman–Crippen LogP) is 3.21. The zero-order chi connectivity index (χ0) is 16.3. The van der Waals surface area contributed by atoms with Crippen LogP contribution in [0.3, 0.4) is 0 Å². The third-order valence-corrected chi connectivity index (χ3v) is 5.00. The standard InChI is InChI=1S/C19H25NO3/c1-15(21)8-9-17-10-12-19(23-17)11-5-13-20(14-19)18(22)16-6-3-2-4-7-16/h2-4,6-7,17H,5,8-14H2,1H3/t17-,19-/m0/s1. The van der Waals surface area contributed by atoms with Gasteiger partial charge in [0.15, 0.2) is 0 Å². The molecule has 0 N–H and O–H groups in total. The third kappa shape index (κ3) is 3.81. The zero-order valence-corrected chi connectivity index (χ0v) is 13.8. The van der Waals surface area contributed by atoms with Gasteiger partial charge in [0.2, 0.25) is 0 Å². The van der Waals surface area contributed by atoms with Gasteiger partial charge in [0.05, 0.1) is 11.7 Å². The fourth-order valence-electron chi connectivity index (χ4n) is 3.80. The van der Waals surface area contributed by atoms with Crippen molar-refractivity contribution in [3.8, 4) is 0 Å². The van der Waals surface area contributed by atoms with Gasteiger partial charge in [0.25, 0.3) is 5.91 Å². The summed E-state index contributed by atoms with van der Waals surface area (Å²) in [6.07, 6.45) is 5.57. The minimum absolute atomic E-state index is 0.0976. The highest BCUT2D eigenvalue weighted by molar-refractivity contribution is 5.94. The van der Waals surface area contributed by atoms with E-state index in [-0.39, 0.29) is 23.4 Å². The quantitative estimate of drug-likeness (QED) is 0.857. The molecule has 0 aromatic heterocycles. The summed E-state index contributed by atoms with van der Waals surface area (Å²) in [6, 6.07) is 9.46. The molecule has 0 bridgehead atoms. The van der Waals surface area contributed by atoms with Crippen molar-refractivity contribution in [2.24, 2.45) is 0 Å². The lowest BCUT2D eigenvalue weighted by Crippen LogP contribution is -2.50. The summed E-state index contributed by atoms with van der Waals surface area (Å²) in [5.41, 5.74) is 0.556. The highest BCUT2D eigenvalue weighted by Gasteiger charge is 2.44. The molecule has 4 nitrogen and oxygen atoms in total. The highest BCUT2D eigenvalue weighted by atomic mass is 16.5. The number of rotatable bonds is 4. The first-order chi connectivity index (χ1) is 11.1. The molecular formula is C19H25NO3. The zero-order valence-electron chi connectivity index (χ0n) is 13.8. The van der Waals surface area contributed by atoms with Gasteiger partial charge >= 0.3 is 0 Å². The molecule has 0 radical (unpaired) electrons. The monoisotopic (exact) mass is 315 g/mol. The maximum Gasteiger partial charge on any atom is 0.253 e. The average molecular weight is 315 g/mol. The SMILES string of the molecule is CC(=O)CC[C@H]1CC[C@]2(CCCN(C(=O)c3ccccc3)C2)O1. The molecule has 1 aromatic rings. The Balaban J connectivity index is 1.62. The number of likely N-dealkylation sites (tertiary alicyclic amines) is 1. The van der Waals surface area contributed by atoms with E-state index in [1.165, 1.54) is 0 Å². The maximum absolute atomic E-state index is 12.7. The molecule has 23 heavy (non-hydrogen) atoms. The van der Waals surface area contributed by atoms with Crippen molar-refractivity contribution < 1.29 is 14.3 Å². The lowest BCUT2D eigenvalue weighted by molar-refractivity contribution is -0.118. The Labute approximate surface area is 137 Å². The Morgan fingerprint density at radius 3 is 2.78 bits per heavy atom. The number of piperidine rings is 1. The van der Waals surface area contributed by atoms with Crippen molar-refractivity contribution >= 4 is 11.7 Å². The van der Waals surface area contributed by atoms with Crippen molar-refractivity contribution in [2.75, 3.05) is 13.1 Å². The molecule has 2 atom stereocenters. The van der Waals surface area contributed by atoms with E-state index in [4.69, 9.17) is 4.74 Å². The predicted molar refractivity (Wildman–Crippen MR) is 88.3 cm³/mol. The number of benzene rings is 1. The molecule has 2 aliphatic rings. The summed E-state index contributed by atoms with van der Waals surface area (Å²) in [4.78, 5) is 25.8. The number of carbonyl (C=O) groups excluding carboxylic acids is 2. The van der Waals surface area contributed by atoms with E-state index >= 15 is 0 Å². The van der Waals surface area contributed by atoms with Crippen LogP contribution < -0.4 is 0 Å². The second-order valence-corrected chi connectivity index (χ2v) is 6.90. The Bertz CT molecular complexity index is 571. The number of nitrogens with zero attached hydrogens (tertiary/aromatic N) is 1. The van der Waals surface area contributed by atoms with Crippen LogP contribution in [0.4, 0.5) is 0 Å². The van der Waals surface area contributed by atoms with E-state index in [0.717, 1.165) is 44.2 Å². The second-order valence-electron chi connectivity index (χ2n) is 6.90. The van der Waals surface area contributed by atoms with Crippen LogP contribution in [-0.4, -0.2) is 41.4 Å². The van der Waals surface area contributed by atoms with Gasteiger partial charge < -0.3 is 14.4 Å². The van der Waals surface area contributed by atoms with Crippen molar-refractivity contribution in [3.63, 3.8) is 0 Å². The summed E-state index contributed by atoms with van der Waals surface area (Å²) in [7, 11) is 0. The number of Topliss-reactive ketones (excluding diaryl/α,β-unsaturated/α-hetero) is 1. The molecule has 124 valence electrons. The Morgan fingerprint density at radius 2 is 2.04 bits per heavy atom. The van der Waals surface area contributed by atoms with Crippen molar-refractivity contribution in [1.82, 2.24) is 4.90 Å². The number of hydrogen-bond donors (Lipinski definition) is 0. The first-order valence-electron chi connectivity index (χ1n) is 8.60. The van der Waals surface area contributed by atoms with E-state index in [1.807, 2.05) is 35.2 Å². The molecule has 3 rings (SSSR count). The molecule has 0 unspecified atom stereocenters. The lowest BCUT2D eigenvalue weighted by Gasteiger charge is -2.40. The Morgan fingerprint density at radius 1 is 1.26 bits per heavy atom. The van der Waals surface area contributed by atoms with E-state index in [1.54, 1.807) is 6.92 Å². The van der Waals surface area contributed by atoms with E-state index in [2.05, 4.69) is 0 Å². The van der Waals surface area contributed by atoms with Crippen LogP contribution in [0.15, 0.2) is 30.3 Å². The molecule has 1 aromatic carbocycles. The molecule has 1 amide bonds. The number of hydrogen-bond acceptors (Lipinski definition) is 3. The number of ether oxygens (including phenoxy) is 1. The van der Waals surface area contributed by atoms with Crippen molar-refractivity contribution in [1.29, 1.82) is 0 Å². The molecule has 0 aliphatic carbocycles. The van der Waals surface area contributed by atoms with Gasteiger partial charge in [-0.2, -0.15) is 0 Å². The van der Waals surface area contributed by atoms with Gasteiger partial charge in [0.1, 0.15) is 5.78 Å². The van der Waals surface area contributed by atoms with Gasteiger partial charge in [-0.3, -0.25) is 4.79 Å². The van der Waals surface area contributed by atoms with Crippen LogP contribution in [0, 0.1) is 0 Å². The Hall–Kier alpha value is -1.68. The van der Waals surface area contributed by atoms with Crippen LogP contribution in [-0.2, 0) is 9.53 Å². The van der Waals surface area contributed by atoms with Crippen LogP contribution in [0.1, 0.15) is 55.8 Å². The largest absolute Gasteiger partial charge is 0.370 e. The number of amides is 1. The molecule has 2 fully saturated rings. The van der Waals surface area contributed by atoms with Gasteiger partial charge in [-0.05, 0) is 51.2 Å². The van der Waals surface area contributed by atoms with Crippen molar-refractivity contribution in [3.05, 3.63) is 35.9 Å². The van der Waals surface area contributed by atoms with Crippen LogP contribution in [0.25, 0.3) is 0 Å². The molecule has 1 spiro atoms. The highest BCUT2D eigenvalue weighted by Crippen LogP contribution is 2.39. The van der Waals surface area contributed by atoms with E-state index in [9.17, 15) is 9.59 Å². The summed E-state index contributed by atoms with van der Waals surface area (Å²) in [5.74, 6) is 0.319. The van der Waals surface area contributed by atoms with Gasteiger partial charge in [-0.1, -0.05) is 18.2 Å². The molecule has 0 saturated carbocycles. The summed E-state index contributed by atoms with van der Waals surface area (Å²) >= 11 is 0. The van der Waals surface area contributed by atoms with Crippen LogP contribution in [0.2, 0.25) is 0 Å². The smallest absolute Gasteiger partial charge is 0.253 e. The normalized spacial score (nSPS) is 27.3. The fraction of sp³-hybridized carbons (Fsp3) is 0.579. The fourth-order valence-corrected chi connectivity index (χ4v) is 3.80. The van der Waals surface area contributed by atoms with E-state index < -0.39 is 0 Å².